The van der Waals surface area contributed by atoms with Crippen molar-refractivity contribution in [1.29, 1.82) is 0 Å². The zero-order valence-corrected chi connectivity index (χ0v) is 12.4. The quantitative estimate of drug-likeness (QED) is 0.854. The smallest absolute Gasteiger partial charge is 0.224 e. The lowest BCUT2D eigenvalue weighted by atomic mass is 10.1. The first-order valence-corrected chi connectivity index (χ1v) is 7.28. The summed E-state index contributed by atoms with van der Waals surface area (Å²) in [5, 5.41) is 2.96. The van der Waals surface area contributed by atoms with E-state index in [1.165, 1.54) is 5.56 Å². The van der Waals surface area contributed by atoms with E-state index in [-0.39, 0.29) is 5.91 Å². The number of nitrogens with two attached hydrogens (primary N) is 1. The van der Waals surface area contributed by atoms with Crippen molar-refractivity contribution >= 4 is 5.91 Å². The largest absolute Gasteiger partial charge is 0.352 e. The van der Waals surface area contributed by atoms with Crippen molar-refractivity contribution in [2.24, 2.45) is 5.73 Å². The fraction of sp³-hybridized carbons (Fsp3) is 0.278. The molecule has 0 aromatic heterocycles. The van der Waals surface area contributed by atoms with E-state index in [4.69, 9.17) is 5.73 Å². The Morgan fingerprint density at radius 3 is 2.38 bits per heavy atom. The van der Waals surface area contributed by atoms with Gasteiger partial charge in [0, 0.05) is 6.54 Å². The number of rotatable bonds is 6. The molecule has 2 aromatic rings. The van der Waals surface area contributed by atoms with Gasteiger partial charge in [-0.15, -0.1) is 0 Å². The first-order chi connectivity index (χ1) is 10.2. The Balaban J connectivity index is 1.85. The van der Waals surface area contributed by atoms with Crippen molar-refractivity contribution in [2.45, 2.75) is 26.3 Å². The lowest BCUT2D eigenvalue weighted by Crippen LogP contribution is -2.24. The summed E-state index contributed by atoms with van der Waals surface area (Å²) in [5.74, 6) is 0.0512. The van der Waals surface area contributed by atoms with E-state index in [1.54, 1.807) is 0 Å². The van der Waals surface area contributed by atoms with Crippen molar-refractivity contribution < 1.29 is 4.79 Å². The maximum atomic E-state index is 12.0. The second-order valence-corrected chi connectivity index (χ2v) is 5.24. The summed E-state index contributed by atoms with van der Waals surface area (Å²) in [7, 11) is 0. The molecule has 0 fully saturated rings. The number of amides is 1. The van der Waals surface area contributed by atoms with Crippen LogP contribution in [0.15, 0.2) is 48.5 Å². The molecule has 0 unspecified atom stereocenters. The molecule has 0 bridgehead atoms. The Morgan fingerprint density at radius 2 is 1.71 bits per heavy atom. The zero-order valence-electron chi connectivity index (χ0n) is 12.4. The summed E-state index contributed by atoms with van der Waals surface area (Å²) in [6, 6.07) is 16.2. The third-order valence-corrected chi connectivity index (χ3v) is 3.56. The van der Waals surface area contributed by atoms with Crippen LogP contribution in [0.4, 0.5) is 0 Å². The molecule has 0 aliphatic carbocycles. The number of nitrogens with one attached hydrogen (secondary N) is 1. The van der Waals surface area contributed by atoms with E-state index in [9.17, 15) is 4.79 Å². The summed E-state index contributed by atoms with van der Waals surface area (Å²) >= 11 is 0. The first kappa shape index (κ1) is 15.3. The monoisotopic (exact) mass is 282 g/mol. The molecule has 0 radical (unpaired) electrons. The molecule has 0 saturated heterocycles. The van der Waals surface area contributed by atoms with Crippen LogP contribution >= 0.6 is 0 Å². The summed E-state index contributed by atoms with van der Waals surface area (Å²) in [6.07, 6.45) is 1.32. The van der Waals surface area contributed by atoms with Gasteiger partial charge in [-0.1, -0.05) is 48.5 Å². The summed E-state index contributed by atoms with van der Waals surface area (Å²) < 4.78 is 0. The Labute approximate surface area is 126 Å². The van der Waals surface area contributed by atoms with Gasteiger partial charge in [-0.25, -0.2) is 0 Å². The minimum Gasteiger partial charge on any atom is -0.352 e. The van der Waals surface area contributed by atoms with E-state index < -0.39 is 0 Å². The molecule has 0 aliphatic heterocycles. The maximum absolute atomic E-state index is 12.0. The minimum absolute atomic E-state index is 0.0512. The fourth-order valence-electron chi connectivity index (χ4n) is 2.24. The van der Waals surface area contributed by atoms with Gasteiger partial charge in [0.15, 0.2) is 0 Å². The molecule has 2 aromatic carbocycles. The van der Waals surface area contributed by atoms with Crippen LogP contribution in [-0.4, -0.2) is 12.5 Å². The molecule has 0 spiro atoms. The highest BCUT2D eigenvalue weighted by Gasteiger charge is 2.05. The molecule has 2 rings (SSSR count). The molecule has 1 amide bonds. The van der Waals surface area contributed by atoms with E-state index >= 15 is 0 Å². The minimum atomic E-state index is 0.0512. The van der Waals surface area contributed by atoms with Gasteiger partial charge in [-0.2, -0.15) is 0 Å². The maximum Gasteiger partial charge on any atom is 0.224 e. The van der Waals surface area contributed by atoms with Crippen molar-refractivity contribution in [3.05, 3.63) is 70.8 Å². The van der Waals surface area contributed by atoms with Crippen LogP contribution in [-0.2, 0) is 24.2 Å². The SMILES string of the molecule is Cc1ccccc1CC(=O)NCc1ccc(CCN)cc1. The van der Waals surface area contributed by atoms with Gasteiger partial charge in [-0.05, 0) is 42.1 Å². The summed E-state index contributed by atoms with van der Waals surface area (Å²) in [5.41, 5.74) is 10.1. The number of aryl methyl sites for hydroxylation is 1. The van der Waals surface area contributed by atoms with Gasteiger partial charge in [0.2, 0.25) is 5.91 Å². The predicted molar refractivity (Wildman–Crippen MR) is 85.9 cm³/mol. The van der Waals surface area contributed by atoms with Crippen LogP contribution in [0.25, 0.3) is 0 Å². The van der Waals surface area contributed by atoms with Gasteiger partial charge in [0.05, 0.1) is 6.42 Å². The van der Waals surface area contributed by atoms with E-state index in [1.807, 2.05) is 43.3 Å². The molecule has 0 atom stereocenters. The van der Waals surface area contributed by atoms with E-state index in [0.717, 1.165) is 23.1 Å². The molecule has 3 nitrogen and oxygen atoms in total. The molecular weight excluding hydrogens is 260 g/mol. The van der Waals surface area contributed by atoms with Crippen LogP contribution in [0.5, 0.6) is 0 Å². The van der Waals surface area contributed by atoms with Gasteiger partial charge < -0.3 is 11.1 Å². The van der Waals surface area contributed by atoms with Crippen LogP contribution in [0.2, 0.25) is 0 Å². The van der Waals surface area contributed by atoms with Gasteiger partial charge in [-0.3, -0.25) is 4.79 Å². The Bertz CT molecular complexity index is 590. The molecule has 0 aliphatic rings. The number of hydrogen-bond acceptors (Lipinski definition) is 2. The van der Waals surface area contributed by atoms with Crippen LogP contribution in [0, 0.1) is 6.92 Å². The lowest BCUT2D eigenvalue weighted by molar-refractivity contribution is -0.120. The van der Waals surface area contributed by atoms with Crippen LogP contribution < -0.4 is 11.1 Å². The topological polar surface area (TPSA) is 55.1 Å². The highest BCUT2D eigenvalue weighted by molar-refractivity contribution is 5.78. The molecule has 21 heavy (non-hydrogen) atoms. The summed E-state index contributed by atoms with van der Waals surface area (Å²) in [6.45, 7) is 3.25. The zero-order chi connectivity index (χ0) is 15.1. The normalized spacial score (nSPS) is 10.4. The number of carbonyl (C=O) groups excluding carboxylic acids is 1. The van der Waals surface area contributed by atoms with Crippen LogP contribution in [0.3, 0.4) is 0 Å². The average Bonchev–Trinajstić information content (AvgIpc) is 2.49. The molecule has 3 N–H and O–H groups in total. The van der Waals surface area contributed by atoms with Crippen molar-refractivity contribution in [3.63, 3.8) is 0 Å². The fourth-order valence-corrected chi connectivity index (χ4v) is 2.24. The van der Waals surface area contributed by atoms with Gasteiger partial charge in [0.25, 0.3) is 0 Å². The highest BCUT2D eigenvalue weighted by atomic mass is 16.1. The first-order valence-electron chi connectivity index (χ1n) is 7.28. The molecular formula is C18H22N2O. The standard InChI is InChI=1S/C18H22N2O/c1-14-4-2-3-5-17(14)12-18(21)20-13-16-8-6-15(7-9-16)10-11-19/h2-9H,10-13,19H2,1H3,(H,20,21). The van der Waals surface area contributed by atoms with Crippen molar-refractivity contribution in [2.75, 3.05) is 6.54 Å². The van der Waals surface area contributed by atoms with E-state index in [2.05, 4.69) is 17.4 Å². The number of benzene rings is 2. The second kappa shape index (κ2) is 7.60. The van der Waals surface area contributed by atoms with Crippen molar-refractivity contribution in [3.8, 4) is 0 Å². The highest BCUT2D eigenvalue weighted by Crippen LogP contribution is 2.08. The third kappa shape index (κ3) is 4.72. The van der Waals surface area contributed by atoms with Gasteiger partial charge >= 0.3 is 0 Å². The third-order valence-electron chi connectivity index (χ3n) is 3.56. The number of hydrogen-bond donors (Lipinski definition) is 2. The Morgan fingerprint density at radius 1 is 1.05 bits per heavy atom. The molecule has 3 heteroatoms. The Hall–Kier alpha value is -2.13. The predicted octanol–water partition coefficient (Wildman–Crippen LogP) is 2.36. The average molecular weight is 282 g/mol. The lowest BCUT2D eigenvalue weighted by Gasteiger charge is -2.08. The number of carbonyl (C=O) groups is 1. The van der Waals surface area contributed by atoms with Crippen molar-refractivity contribution in [1.82, 2.24) is 5.32 Å². The van der Waals surface area contributed by atoms with E-state index in [0.29, 0.717) is 19.5 Å². The second-order valence-electron chi connectivity index (χ2n) is 5.24. The molecule has 0 saturated carbocycles. The van der Waals surface area contributed by atoms with Crippen LogP contribution in [0.1, 0.15) is 22.3 Å². The molecule has 0 heterocycles. The van der Waals surface area contributed by atoms with Gasteiger partial charge in [0.1, 0.15) is 0 Å². The summed E-state index contributed by atoms with van der Waals surface area (Å²) in [4.78, 5) is 12.0. The Kier molecular flexibility index (Phi) is 5.52. The molecule has 110 valence electrons.